The van der Waals surface area contributed by atoms with Crippen LogP contribution in [0.1, 0.15) is 43.8 Å². The monoisotopic (exact) mass is 264 g/mol. The van der Waals surface area contributed by atoms with Crippen LogP contribution in [0.3, 0.4) is 0 Å². The average molecular weight is 264 g/mol. The summed E-state index contributed by atoms with van der Waals surface area (Å²) in [6.45, 7) is 2.70. The van der Waals surface area contributed by atoms with Gasteiger partial charge in [-0.2, -0.15) is 0 Å². The van der Waals surface area contributed by atoms with Gasteiger partial charge in [-0.15, -0.1) is 10.2 Å². The molecule has 5 heteroatoms. The lowest BCUT2D eigenvalue weighted by Gasteiger charge is -2.26. The van der Waals surface area contributed by atoms with Crippen molar-refractivity contribution in [3.05, 3.63) is 5.82 Å². The number of nitrogens with zero attached hydrogens (tertiary/aromatic N) is 4. The van der Waals surface area contributed by atoms with E-state index in [-0.39, 0.29) is 0 Å². The predicted octanol–water partition coefficient (Wildman–Crippen LogP) is 2.04. The van der Waals surface area contributed by atoms with Crippen molar-refractivity contribution in [1.29, 1.82) is 0 Å². The fourth-order valence-electron chi connectivity index (χ4n) is 2.62. The van der Waals surface area contributed by atoms with E-state index in [1.54, 1.807) is 7.11 Å². The number of methoxy groups -OCH3 is 1. The summed E-state index contributed by atoms with van der Waals surface area (Å²) in [7, 11) is 3.82. The minimum atomic E-state index is 0.649. The lowest BCUT2D eigenvalue weighted by molar-refractivity contribution is 0.206. The van der Waals surface area contributed by atoms with Gasteiger partial charge in [-0.05, 0) is 31.6 Å². The SMILES string of the molecule is COCCN(C)c1nnc(C2CCC2)n1CC1CC1. The van der Waals surface area contributed by atoms with E-state index in [1.807, 2.05) is 0 Å². The summed E-state index contributed by atoms with van der Waals surface area (Å²) in [5.41, 5.74) is 0. The van der Waals surface area contributed by atoms with Crippen LogP contribution >= 0.6 is 0 Å². The second-order valence-corrected chi connectivity index (χ2v) is 5.95. The number of likely N-dealkylation sites (N-methyl/N-ethyl adjacent to an activating group) is 1. The normalized spacial score (nSPS) is 19.5. The smallest absolute Gasteiger partial charge is 0.227 e. The number of aromatic nitrogens is 3. The van der Waals surface area contributed by atoms with Crippen molar-refractivity contribution in [2.75, 3.05) is 32.2 Å². The molecule has 106 valence electrons. The van der Waals surface area contributed by atoms with Gasteiger partial charge in [-0.25, -0.2) is 0 Å². The molecule has 0 atom stereocenters. The van der Waals surface area contributed by atoms with E-state index in [2.05, 4.69) is 26.7 Å². The lowest BCUT2D eigenvalue weighted by Crippen LogP contribution is -2.27. The maximum atomic E-state index is 5.15. The lowest BCUT2D eigenvalue weighted by atomic mass is 9.85. The molecule has 0 unspecified atom stereocenters. The summed E-state index contributed by atoms with van der Waals surface area (Å²) in [5, 5.41) is 8.91. The summed E-state index contributed by atoms with van der Waals surface area (Å²) in [5.74, 6) is 3.74. The van der Waals surface area contributed by atoms with Gasteiger partial charge in [0.15, 0.2) is 0 Å². The van der Waals surface area contributed by atoms with Gasteiger partial charge in [-0.3, -0.25) is 4.57 Å². The maximum absolute atomic E-state index is 5.15. The summed E-state index contributed by atoms with van der Waals surface area (Å²) in [4.78, 5) is 2.17. The molecule has 0 aromatic carbocycles. The van der Waals surface area contributed by atoms with E-state index in [9.17, 15) is 0 Å². The van der Waals surface area contributed by atoms with Gasteiger partial charge in [0.25, 0.3) is 0 Å². The van der Waals surface area contributed by atoms with Crippen molar-refractivity contribution in [1.82, 2.24) is 14.8 Å². The van der Waals surface area contributed by atoms with Crippen molar-refractivity contribution >= 4 is 5.95 Å². The van der Waals surface area contributed by atoms with Gasteiger partial charge in [0.05, 0.1) is 6.61 Å². The third-order valence-electron chi connectivity index (χ3n) is 4.34. The summed E-state index contributed by atoms with van der Waals surface area (Å²) in [6, 6.07) is 0. The molecular formula is C14H24N4O. The highest BCUT2D eigenvalue weighted by atomic mass is 16.5. The van der Waals surface area contributed by atoms with Gasteiger partial charge in [0.2, 0.25) is 5.95 Å². The highest BCUT2D eigenvalue weighted by Gasteiger charge is 2.30. The molecule has 1 heterocycles. The van der Waals surface area contributed by atoms with E-state index in [1.165, 1.54) is 37.9 Å². The minimum Gasteiger partial charge on any atom is -0.383 e. The van der Waals surface area contributed by atoms with Gasteiger partial charge in [0, 0.05) is 33.2 Å². The molecule has 0 spiro atoms. The molecule has 1 aromatic rings. The molecule has 1 aromatic heterocycles. The first-order valence-electron chi connectivity index (χ1n) is 7.42. The van der Waals surface area contributed by atoms with Crippen molar-refractivity contribution in [3.8, 4) is 0 Å². The van der Waals surface area contributed by atoms with Crippen LogP contribution in [-0.4, -0.2) is 42.1 Å². The van der Waals surface area contributed by atoms with Gasteiger partial charge in [-0.1, -0.05) is 6.42 Å². The Morgan fingerprint density at radius 1 is 1.26 bits per heavy atom. The topological polar surface area (TPSA) is 43.2 Å². The van der Waals surface area contributed by atoms with Crippen LogP contribution < -0.4 is 4.90 Å². The molecule has 3 rings (SSSR count). The molecule has 0 radical (unpaired) electrons. The zero-order valence-electron chi connectivity index (χ0n) is 12.0. The van der Waals surface area contributed by atoms with Gasteiger partial charge >= 0.3 is 0 Å². The molecule has 2 fully saturated rings. The number of ether oxygens (including phenoxy) is 1. The number of rotatable bonds is 7. The molecule has 5 nitrogen and oxygen atoms in total. The van der Waals surface area contributed by atoms with E-state index in [0.29, 0.717) is 5.92 Å². The predicted molar refractivity (Wildman–Crippen MR) is 74.5 cm³/mol. The van der Waals surface area contributed by atoms with Gasteiger partial charge < -0.3 is 9.64 Å². The van der Waals surface area contributed by atoms with Gasteiger partial charge in [0.1, 0.15) is 5.82 Å². The Morgan fingerprint density at radius 2 is 2.05 bits per heavy atom. The molecule has 19 heavy (non-hydrogen) atoms. The molecule has 2 saturated carbocycles. The molecule has 0 bridgehead atoms. The molecule has 0 N–H and O–H groups in total. The first kappa shape index (κ1) is 12.9. The number of hydrogen-bond donors (Lipinski definition) is 0. The van der Waals surface area contributed by atoms with Crippen LogP contribution in [0, 0.1) is 5.92 Å². The molecule has 0 amide bonds. The summed E-state index contributed by atoms with van der Waals surface area (Å²) < 4.78 is 7.53. The van der Waals surface area contributed by atoms with Crippen LogP contribution in [0.4, 0.5) is 5.95 Å². The number of anilines is 1. The first-order chi connectivity index (χ1) is 9.29. The fraction of sp³-hybridized carbons (Fsp3) is 0.857. The Balaban J connectivity index is 1.78. The number of hydrogen-bond acceptors (Lipinski definition) is 4. The third kappa shape index (κ3) is 2.76. The minimum absolute atomic E-state index is 0.649. The molecule has 0 saturated heterocycles. The Hall–Kier alpha value is -1.10. The zero-order valence-corrected chi connectivity index (χ0v) is 12.0. The van der Waals surface area contributed by atoms with Crippen LogP contribution in [0.25, 0.3) is 0 Å². The third-order valence-corrected chi connectivity index (χ3v) is 4.34. The second-order valence-electron chi connectivity index (χ2n) is 5.95. The molecule has 2 aliphatic rings. The largest absolute Gasteiger partial charge is 0.383 e. The Kier molecular flexibility index (Phi) is 3.73. The van der Waals surface area contributed by atoms with E-state index < -0.39 is 0 Å². The highest BCUT2D eigenvalue weighted by Crippen LogP contribution is 2.39. The summed E-state index contributed by atoms with van der Waals surface area (Å²) in [6.07, 6.45) is 6.64. The maximum Gasteiger partial charge on any atom is 0.227 e. The van der Waals surface area contributed by atoms with Crippen LogP contribution in [-0.2, 0) is 11.3 Å². The van der Waals surface area contributed by atoms with Crippen molar-refractivity contribution in [3.63, 3.8) is 0 Å². The van der Waals surface area contributed by atoms with Crippen molar-refractivity contribution in [2.45, 2.75) is 44.6 Å². The molecule has 0 aliphatic heterocycles. The zero-order chi connectivity index (χ0) is 13.2. The second kappa shape index (κ2) is 5.49. The highest BCUT2D eigenvalue weighted by molar-refractivity contribution is 5.31. The van der Waals surface area contributed by atoms with Crippen LogP contribution in [0.5, 0.6) is 0 Å². The van der Waals surface area contributed by atoms with Crippen LogP contribution in [0.2, 0.25) is 0 Å². The van der Waals surface area contributed by atoms with Crippen molar-refractivity contribution < 1.29 is 4.74 Å². The standard InChI is InChI=1S/C14H24N4O/c1-17(8-9-19-2)14-16-15-13(12-4-3-5-12)18(14)10-11-6-7-11/h11-12H,3-10H2,1-2H3. The van der Waals surface area contributed by atoms with E-state index >= 15 is 0 Å². The van der Waals surface area contributed by atoms with E-state index in [4.69, 9.17) is 4.74 Å². The van der Waals surface area contributed by atoms with E-state index in [0.717, 1.165) is 31.6 Å². The van der Waals surface area contributed by atoms with Crippen LogP contribution in [0.15, 0.2) is 0 Å². The molecule has 2 aliphatic carbocycles. The summed E-state index contributed by atoms with van der Waals surface area (Å²) >= 11 is 0. The first-order valence-corrected chi connectivity index (χ1v) is 7.42. The average Bonchev–Trinajstić information content (AvgIpc) is 3.07. The van der Waals surface area contributed by atoms with Crippen molar-refractivity contribution in [2.24, 2.45) is 5.92 Å². The Morgan fingerprint density at radius 3 is 2.63 bits per heavy atom. The Bertz CT molecular complexity index is 423. The molecular weight excluding hydrogens is 240 g/mol. The fourth-order valence-corrected chi connectivity index (χ4v) is 2.62. The Labute approximate surface area is 114 Å². The quantitative estimate of drug-likeness (QED) is 0.756.